The molecule has 1 unspecified atom stereocenters. The molecule has 0 radical (unpaired) electrons. The molecular formula is C18H28IN5O2S. The highest BCUT2D eigenvalue weighted by Crippen LogP contribution is 2.16. The van der Waals surface area contributed by atoms with Crippen molar-refractivity contribution in [2.24, 2.45) is 4.99 Å². The van der Waals surface area contributed by atoms with Gasteiger partial charge in [0.25, 0.3) is 0 Å². The Labute approximate surface area is 178 Å². The van der Waals surface area contributed by atoms with Crippen molar-refractivity contribution in [1.29, 1.82) is 0 Å². The molecule has 0 aliphatic heterocycles. The van der Waals surface area contributed by atoms with Gasteiger partial charge in [-0.3, -0.25) is 0 Å². The van der Waals surface area contributed by atoms with Crippen molar-refractivity contribution < 1.29 is 8.42 Å². The summed E-state index contributed by atoms with van der Waals surface area (Å²) in [6.07, 6.45) is 3.58. The number of sulfone groups is 1. The minimum Gasteiger partial charge on any atom is -0.357 e. The largest absolute Gasteiger partial charge is 0.357 e. The first-order chi connectivity index (χ1) is 12.4. The molecule has 1 aromatic heterocycles. The second-order valence-electron chi connectivity index (χ2n) is 6.27. The van der Waals surface area contributed by atoms with Gasteiger partial charge in [-0.05, 0) is 25.8 Å². The van der Waals surface area contributed by atoms with E-state index in [1.54, 1.807) is 6.20 Å². The standard InChI is InChI=1S/C18H27N5O2S.HI/c1-4-19-18(22-14(2)10-11-26(3,24)25)21-13-17-20-12-16(23-17)15-8-6-5-7-9-15;/h5-9,12,14H,4,10-11,13H2,1-3H3,(H,20,23)(H2,19,21,22);1H. The van der Waals surface area contributed by atoms with E-state index in [4.69, 9.17) is 0 Å². The third-order valence-electron chi connectivity index (χ3n) is 3.75. The van der Waals surface area contributed by atoms with Crippen molar-refractivity contribution in [2.45, 2.75) is 32.9 Å². The Balaban J connectivity index is 0.00000364. The van der Waals surface area contributed by atoms with E-state index in [1.165, 1.54) is 6.26 Å². The smallest absolute Gasteiger partial charge is 0.191 e. The normalized spacial score (nSPS) is 12.9. The van der Waals surface area contributed by atoms with Crippen LogP contribution in [0.5, 0.6) is 0 Å². The number of rotatable bonds is 8. The molecule has 9 heteroatoms. The van der Waals surface area contributed by atoms with Crippen molar-refractivity contribution in [3.63, 3.8) is 0 Å². The van der Waals surface area contributed by atoms with Crippen LogP contribution in [0.15, 0.2) is 41.5 Å². The van der Waals surface area contributed by atoms with E-state index in [2.05, 4.69) is 25.6 Å². The number of aromatic nitrogens is 2. The highest BCUT2D eigenvalue weighted by molar-refractivity contribution is 14.0. The summed E-state index contributed by atoms with van der Waals surface area (Å²) in [7, 11) is -2.96. The summed E-state index contributed by atoms with van der Waals surface area (Å²) in [4.78, 5) is 12.2. The summed E-state index contributed by atoms with van der Waals surface area (Å²) in [5.74, 6) is 1.56. The van der Waals surface area contributed by atoms with E-state index in [0.717, 1.165) is 23.6 Å². The summed E-state index contributed by atoms with van der Waals surface area (Å²) < 4.78 is 22.6. The molecular weight excluding hydrogens is 477 g/mol. The Morgan fingerprint density at radius 2 is 2.00 bits per heavy atom. The molecule has 150 valence electrons. The van der Waals surface area contributed by atoms with E-state index in [-0.39, 0.29) is 35.8 Å². The van der Waals surface area contributed by atoms with Crippen LogP contribution in [-0.2, 0) is 16.4 Å². The second kappa shape index (κ2) is 11.3. The fourth-order valence-electron chi connectivity index (χ4n) is 2.38. The molecule has 1 aromatic carbocycles. The lowest BCUT2D eigenvalue weighted by atomic mass is 10.2. The van der Waals surface area contributed by atoms with Gasteiger partial charge in [0.15, 0.2) is 5.96 Å². The summed E-state index contributed by atoms with van der Waals surface area (Å²) in [6.45, 7) is 5.05. The fraction of sp³-hybridized carbons (Fsp3) is 0.444. The molecule has 7 nitrogen and oxygen atoms in total. The highest BCUT2D eigenvalue weighted by Gasteiger charge is 2.10. The van der Waals surface area contributed by atoms with E-state index in [1.807, 2.05) is 44.2 Å². The predicted molar refractivity (Wildman–Crippen MR) is 121 cm³/mol. The van der Waals surface area contributed by atoms with E-state index in [9.17, 15) is 8.42 Å². The summed E-state index contributed by atoms with van der Waals surface area (Å²) in [5, 5.41) is 6.40. The quantitative estimate of drug-likeness (QED) is 0.291. The minimum atomic E-state index is -2.96. The Kier molecular flexibility index (Phi) is 9.78. The maximum absolute atomic E-state index is 11.3. The van der Waals surface area contributed by atoms with Gasteiger partial charge in [-0.15, -0.1) is 24.0 Å². The minimum absolute atomic E-state index is 0. The van der Waals surface area contributed by atoms with Crippen molar-refractivity contribution >= 4 is 39.8 Å². The maximum Gasteiger partial charge on any atom is 0.191 e. The monoisotopic (exact) mass is 505 g/mol. The Hall–Kier alpha value is -1.62. The number of imidazole rings is 1. The number of hydrogen-bond acceptors (Lipinski definition) is 4. The van der Waals surface area contributed by atoms with Crippen molar-refractivity contribution in [3.05, 3.63) is 42.4 Å². The van der Waals surface area contributed by atoms with Gasteiger partial charge in [-0.2, -0.15) is 0 Å². The second-order valence-corrected chi connectivity index (χ2v) is 8.53. The topological polar surface area (TPSA) is 99.2 Å². The Morgan fingerprint density at radius 3 is 2.63 bits per heavy atom. The molecule has 0 amide bonds. The number of hydrogen-bond donors (Lipinski definition) is 3. The van der Waals surface area contributed by atoms with E-state index < -0.39 is 9.84 Å². The maximum atomic E-state index is 11.3. The molecule has 2 rings (SSSR count). The number of halogens is 1. The van der Waals surface area contributed by atoms with Crippen LogP contribution in [0.3, 0.4) is 0 Å². The lowest BCUT2D eigenvalue weighted by molar-refractivity contribution is 0.581. The average molecular weight is 505 g/mol. The van der Waals surface area contributed by atoms with Crippen LogP contribution >= 0.6 is 24.0 Å². The van der Waals surface area contributed by atoms with Gasteiger partial charge >= 0.3 is 0 Å². The summed E-state index contributed by atoms with van der Waals surface area (Å²) >= 11 is 0. The number of H-pyrrole nitrogens is 1. The van der Waals surface area contributed by atoms with Crippen LogP contribution in [0, 0.1) is 0 Å². The number of nitrogens with one attached hydrogen (secondary N) is 3. The SMILES string of the molecule is CCNC(=NCc1ncc(-c2ccccc2)[nH]1)NC(C)CCS(C)(=O)=O.I. The summed E-state index contributed by atoms with van der Waals surface area (Å²) in [5.41, 5.74) is 2.03. The molecule has 27 heavy (non-hydrogen) atoms. The Bertz CT molecular complexity index is 821. The molecule has 0 fully saturated rings. The molecule has 3 N–H and O–H groups in total. The molecule has 0 bridgehead atoms. The average Bonchev–Trinajstić information content (AvgIpc) is 3.07. The zero-order valence-corrected chi connectivity index (χ0v) is 19.0. The van der Waals surface area contributed by atoms with Crippen LogP contribution < -0.4 is 10.6 Å². The number of benzene rings is 1. The molecule has 0 saturated carbocycles. The van der Waals surface area contributed by atoms with Gasteiger partial charge in [-0.1, -0.05) is 30.3 Å². The molecule has 0 aliphatic rings. The van der Waals surface area contributed by atoms with Crippen LogP contribution in [0.25, 0.3) is 11.3 Å². The van der Waals surface area contributed by atoms with E-state index >= 15 is 0 Å². The van der Waals surface area contributed by atoms with Gasteiger partial charge in [0.1, 0.15) is 22.2 Å². The lowest BCUT2D eigenvalue weighted by Crippen LogP contribution is -2.42. The van der Waals surface area contributed by atoms with Crippen molar-refractivity contribution in [3.8, 4) is 11.3 Å². The number of guanidine groups is 1. The molecule has 0 spiro atoms. The first kappa shape index (κ1) is 23.4. The van der Waals surface area contributed by atoms with Crippen LogP contribution in [-0.4, -0.2) is 48.9 Å². The first-order valence-electron chi connectivity index (χ1n) is 8.69. The van der Waals surface area contributed by atoms with Crippen LogP contribution in [0.1, 0.15) is 26.1 Å². The van der Waals surface area contributed by atoms with Gasteiger partial charge in [-0.25, -0.2) is 18.4 Å². The molecule has 0 aliphatic carbocycles. The number of aliphatic imine (C=N–C) groups is 1. The van der Waals surface area contributed by atoms with Crippen LogP contribution in [0.4, 0.5) is 0 Å². The molecule has 0 saturated heterocycles. The molecule has 1 atom stereocenters. The summed E-state index contributed by atoms with van der Waals surface area (Å²) in [6, 6.07) is 9.99. The van der Waals surface area contributed by atoms with Crippen molar-refractivity contribution in [2.75, 3.05) is 18.6 Å². The first-order valence-corrected chi connectivity index (χ1v) is 10.8. The van der Waals surface area contributed by atoms with Gasteiger partial charge in [0, 0.05) is 18.8 Å². The predicted octanol–water partition coefficient (Wildman–Crippen LogP) is 2.57. The molecule has 1 heterocycles. The van der Waals surface area contributed by atoms with Crippen molar-refractivity contribution in [1.82, 2.24) is 20.6 Å². The number of nitrogens with zero attached hydrogens (tertiary/aromatic N) is 2. The van der Waals surface area contributed by atoms with E-state index in [0.29, 0.717) is 18.9 Å². The zero-order chi connectivity index (χ0) is 19.0. The molecule has 2 aromatic rings. The van der Waals surface area contributed by atoms with Crippen LogP contribution in [0.2, 0.25) is 0 Å². The Morgan fingerprint density at radius 1 is 1.30 bits per heavy atom. The highest BCUT2D eigenvalue weighted by atomic mass is 127. The lowest BCUT2D eigenvalue weighted by Gasteiger charge is -2.17. The fourth-order valence-corrected chi connectivity index (χ4v) is 3.16. The van der Waals surface area contributed by atoms with Gasteiger partial charge < -0.3 is 15.6 Å². The van der Waals surface area contributed by atoms with Gasteiger partial charge in [0.2, 0.25) is 0 Å². The number of aromatic amines is 1. The van der Waals surface area contributed by atoms with Gasteiger partial charge in [0.05, 0.1) is 17.6 Å². The third kappa shape index (κ3) is 8.74. The zero-order valence-electron chi connectivity index (χ0n) is 15.9. The third-order valence-corrected chi connectivity index (χ3v) is 4.73.